The lowest BCUT2D eigenvalue weighted by Gasteiger charge is -2.13. The maximum Gasteiger partial charge on any atom is 0.238 e. The molecule has 0 amide bonds. The van der Waals surface area contributed by atoms with Crippen LogP contribution in [0.5, 0.6) is 5.88 Å². The summed E-state index contributed by atoms with van der Waals surface area (Å²) >= 11 is 0. The smallest absolute Gasteiger partial charge is 0.238 e. The van der Waals surface area contributed by atoms with Gasteiger partial charge in [-0.2, -0.15) is 9.61 Å². The number of hydrogen-bond donors (Lipinski definition) is 3. The summed E-state index contributed by atoms with van der Waals surface area (Å²) in [5, 5.41) is 20.5. The van der Waals surface area contributed by atoms with Crippen LogP contribution in [0.4, 0.5) is 17.3 Å². The second-order valence-corrected chi connectivity index (χ2v) is 8.33. The number of hydrogen-bond acceptors (Lipinski definition) is 8. The molecule has 0 bridgehead atoms. The average Bonchev–Trinajstić information content (AvgIpc) is 3.32. The molecule has 0 spiro atoms. The summed E-state index contributed by atoms with van der Waals surface area (Å²) in [5.74, 6) is 2.02. The normalized spacial score (nSPS) is 20.7. The Kier molecular flexibility index (Phi) is 5.19. The summed E-state index contributed by atoms with van der Waals surface area (Å²) in [6.45, 7) is 0. The Bertz CT molecular complexity index is 1110. The standard InChI is InChI=1S/C22H26N6O3/c1-23-20-11-19(26-17-3-2-8-24-22(17)31-15-6-7-15)27-21-16(12-25-28(20)21)18(30)10-13-4-5-14(29)9-13/h2-3,8,11-15,23,29H,4-7,9-10H2,1H3,(H,26,27)/t13-,14-/m0/s1. The number of ether oxygens (including phenoxy) is 1. The lowest BCUT2D eigenvalue weighted by Crippen LogP contribution is -2.09. The number of pyridine rings is 1. The van der Waals surface area contributed by atoms with Crippen molar-refractivity contribution in [3.8, 4) is 5.88 Å². The van der Waals surface area contributed by atoms with Gasteiger partial charge in [-0.3, -0.25) is 4.79 Å². The Balaban J connectivity index is 1.44. The summed E-state index contributed by atoms with van der Waals surface area (Å²) in [6.07, 6.45) is 8.01. The van der Waals surface area contributed by atoms with Gasteiger partial charge in [0.15, 0.2) is 11.4 Å². The number of aromatic nitrogens is 4. The second-order valence-electron chi connectivity index (χ2n) is 8.33. The van der Waals surface area contributed by atoms with Gasteiger partial charge in [0.1, 0.15) is 23.4 Å². The molecule has 2 fully saturated rings. The molecule has 0 saturated heterocycles. The number of fused-ring (bicyclic) bond motifs is 1. The molecule has 9 heteroatoms. The molecule has 0 aliphatic heterocycles. The van der Waals surface area contributed by atoms with Crippen LogP contribution in [0.15, 0.2) is 30.6 Å². The number of aliphatic hydroxyl groups is 1. The van der Waals surface area contributed by atoms with E-state index < -0.39 is 0 Å². The first-order valence-corrected chi connectivity index (χ1v) is 10.8. The van der Waals surface area contributed by atoms with E-state index in [1.807, 2.05) is 18.2 Å². The highest BCUT2D eigenvalue weighted by atomic mass is 16.5. The first-order chi connectivity index (χ1) is 15.1. The third kappa shape index (κ3) is 4.18. The van der Waals surface area contributed by atoms with E-state index in [4.69, 9.17) is 4.74 Å². The quantitative estimate of drug-likeness (QED) is 0.474. The largest absolute Gasteiger partial charge is 0.473 e. The highest BCUT2D eigenvalue weighted by Gasteiger charge is 2.27. The Morgan fingerprint density at radius 1 is 1.32 bits per heavy atom. The Hall–Kier alpha value is -3.20. The molecular formula is C22H26N6O3. The zero-order valence-electron chi connectivity index (χ0n) is 17.4. The maximum absolute atomic E-state index is 13.0. The van der Waals surface area contributed by atoms with Crippen molar-refractivity contribution in [2.45, 2.75) is 50.7 Å². The van der Waals surface area contributed by atoms with Crippen molar-refractivity contribution in [2.24, 2.45) is 5.92 Å². The van der Waals surface area contributed by atoms with E-state index >= 15 is 0 Å². The zero-order chi connectivity index (χ0) is 21.4. The predicted molar refractivity (Wildman–Crippen MR) is 116 cm³/mol. The van der Waals surface area contributed by atoms with Gasteiger partial charge in [-0.15, -0.1) is 0 Å². The van der Waals surface area contributed by atoms with Crippen LogP contribution in [0.1, 0.15) is 48.9 Å². The summed E-state index contributed by atoms with van der Waals surface area (Å²) in [4.78, 5) is 22.0. The van der Waals surface area contributed by atoms with E-state index in [1.165, 1.54) is 0 Å². The van der Waals surface area contributed by atoms with Gasteiger partial charge in [0.2, 0.25) is 5.88 Å². The maximum atomic E-state index is 13.0. The number of carbonyl (C=O) groups is 1. The number of nitrogens with one attached hydrogen (secondary N) is 2. The third-order valence-corrected chi connectivity index (χ3v) is 5.85. The van der Waals surface area contributed by atoms with Crippen molar-refractivity contribution in [1.29, 1.82) is 0 Å². The number of aliphatic hydroxyl groups excluding tert-OH is 1. The average molecular weight is 422 g/mol. The Labute approximate surface area is 179 Å². The van der Waals surface area contributed by atoms with E-state index in [9.17, 15) is 9.90 Å². The lowest BCUT2D eigenvalue weighted by molar-refractivity contribution is 0.0959. The van der Waals surface area contributed by atoms with Crippen LogP contribution in [0.25, 0.3) is 5.65 Å². The number of Topliss-reactive ketones (excluding diaryl/α,β-unsaturated/α-hetero) is 1. The monoisotopic (exact) mass is 422 g/mol. The fourth-order valence-corrected chi connectivity index (χ4v) is 4.07. The highest BCUT2D eigenvalue weighted by molar-refractivity contribution is 6.01. The fraction of sp³-hybridized carbons (Fsp3) is 0.455. The molecule has 2 aliphatic rings. The van der Waals surface area contributed by atoms with E-state index in [1.54, 1.807) is 24.0 Å². The van der Waals surface area contributed by atoms with E-state index in [0.29, 0.717) is 41.6 Å². The molecule has 0 unspecified atom stereocenters. The van der Waals surface area contributed by atoms with Gasteiger partial charge in [-0.05, 0) is 50.2 Å². The molecule has 2 aliphatic carbocycles. The minimum atomic E-state index is -0.293. The molecule has 3 aromatic heterocycles. The van der Waals surface area contributed by atoms with Gasteiger partial charge in [0.05, 0.1) is 17.9 Å². The molecule has 2 atom stereocenters. The van der Waals surface area contributed by atoms with Gasteiger partial charge >= 0.3 is 0 Å². The van der Waals surface area contributed by atoms with E-state index in [-0.39, 0.29) is 23.9 Å². The van der Waals surface area contributed by atoms with Crippen LogP contribution in [-0.4, -0.2) is 49.7 Å². The van der Waals surface area contributed by atoms with E-state index in [2.05, 4.69) is 25.7 Å². The Morgan fingerprint density at radius 3 is 2.94 bits per heavy atom. The fourth-order valence-electron chi connectivity index (χ4n) is 4.07. The molecule has 162 valence electrons. The first kappa shape index (κ1) is 19.7. The van der Waals surface area contributed by atoms with Crippen LogP contribution < -0.4 is 15.4 Å². The van der Waals surface area contributed by atoms with Gasteiger partial charge in [-0.1, -0.05) is 0 Å². The van der Waals surface area contributed by atoms with Crippen molar-refractivity contribution in [3.63, 3.8) is 0 Å². The van der Waals surface area contributed by atoms with Crippen LogP contribution in [0, 0.1) is 5.92 Å². The van der Waals surface area contributed by atoms with Crippen LogP contribution in [0.2, 0.25) is 0 Å². The van der Waals surface area contributed by atoms with Crippen LogP contribution in [-0.2, 0) is 0 Å². The van der Waals surface area contributed by atoms with Crippen molar-refractivity contribution >= 4 is 28.8 Å². The zero-order valence-corrected chi connectivity index (χ0v) is 17.4. The molecule has 9 nitrogen and oxygen atoms in total. The number of carbonyl (C=O) groups excluding carboxylic acids is 1. The number of rotatable bonds is 8. The van der Waals surface area contributed by atoms with E-state index in [0.717, 1.165) is 31.4 Å². The minimum Gasteiger partial charge on any atom is -0.473 e. The van der Waals surface area contributed by atoms with Gasteiger partial charge in [0.25, 0.3) is 0 Å². The molecule has 2 saturated carbocycles. The lowest BCUT2D eigenvalue weighted by atomic mass is 9.98. The summed E-state index contributed by atoms with van der Waals surface area (Å²) < 4.78 is 7.53. The first-order valence-electron chi connectivity index (χ1n) is 10.8. The van der Waals surface area contributed by atoms with Crippen molar-refractivity contribution < 1.29 is 14.6 Å². The van der Waals surface area contributed by atoms with Gasteiger partial charge in [-0.25, -0.2) is 9.97 Å². The number of ketones is 1. The molecule has 5 rings (SSSR count). The Morgan fingerprint density at radius 2 is 2.19 bits per heavy atom. The van der Waals surface area contributed by atoms with Crippen molar-refractivity contribution in [3.05, 3.63) is 36.2 Å². The molecule has 0 radical (unpaired) electrons. The minimum absolute atomic E-state index is 0.0000587. The van der Waals surface area contributed by atoms with Gasteiger partial charge in [0, 0.05) is 25.7 Å². The highest BCUT2D eigenvalue weighted by Crippen LogP contribution is 2.33. The molecule has 3 N–H and O–H groups in total. The molecule has 0 aromatic carbocycles. The summed E-state index contributed by atoms with van der Waals surface area (Å²) in [6, 6.07) is 5.56. The topological polar surface area (TPSA) is 114 Å². The molecule has 31 heavy (non-hydrogen) atoms. The van der Waals surface area contributed by atoms with Gasteiger partial charge < -0.3 is 20.5 Å². The number of anilines is 3. The molecular weight excluding hydrogens is 396 g/mol. The second kappa shape index (κ2) is 8.14. The van der Waals surface area contributed by atoms with Crippen molar-refractivity contribution in [2.75, 3.05) is 17.7 Å². The van der Waals surface area contributed by atoms with Crippen LogP contribution in [0.3, 0.4) is 0 Å². The molecule has 3 heterocycles. The van der Waals surface area contributed by atoms with Crippen molar-refractivity contribution in [1.82, 2.24) is 19.6 Å². The summed E-state index contributed by atoms with van der Waals surface area (Å²) in [7, 11) is 1.80. The molecule has 3 aromatic rings. The predicted octanol–water partition coefficient (Wildman–Crippen LogP) is 3.18. The SMILES string of the molecule is CNc1cc(Nc2cccnc2OC2CC2)nc2c(C(=O)C[C@H]3CC[C@H](O)C3)cnn12. The summed E-state index contributed by atoms with van der Waals surface area (Å²) in [5.41, 5.74) is 1.70. The van der Waals surface area contributed by atoms with Crippen LogP contribution >= 0.6 is 0 Å². The number of nitrogens with zero attached hydrogens (tertiary/aromatic N) is 4. The third-order valence-electron chi connectivity index (χ3n) is 5.85.